The fraction of sp³-hybridized carbons (Fsp3) is 0.0870. The van der Waals surface area contributed by atoms with E-state index in [9.17, 15) is 0 Å². The van der Waals surface area contributed by atoms with Crippen LogP contribution in [0.3, 0.4) is 0 Å². The quantitative estimate of drug-likeness (QED) is 0.216. The molecule has 3 rings (SSSR count). The Balaban J connectivity index is 1.85. The topological polar surface area (TPSA) is 21.6 Å². The normalized spacial score (nSPS) is 12.1. The minimum atomic E-state index is 0.818. The molecule has 0 atom stereocenters. The zero-order valence-corrected chi connectivity index (χ0v) is 15.7. The molecule has 0 N–H and O–H groups in total. The van der Waals surface area contributed by atoms with E-state index in [4.69, 9.17) is 9.73 Å². The summed E-state index contributed by atoms with van der Waals surface area (Å²) >= 11 is 1.63. The number of para-hydroxylation sites is 1. The average molecular weight is 359 g/mol. The number of rotatable bonds is 5. The summed E-state index contributed by atoms with van der Waals surface area (Å²) in [6, 6.07) is 28.2. The first-order valence-electron chi connectivity index (χ1n) is 8.48. The van der Waals surface area contributed by atoms with Crippen molar-refractivity contribution in [2.75, 3.05) is 0 Å². The van der Waals surface area contributed by atoms with Crippen molar-refractivity contribution in [3.63, 3.8) is 0 Å². The largest absolute Gasteiger partial charge is 0.465 e. The summed E-state index contributed by atoms with van der Waals surface area (Å²) in [5.41, 5.74) is 3.11. The van der Waals surface area contributed by atoms with Gasteiger partial charge in [-0.15, -0.1) is 0 Å². The highest BCUT2D eigenvalue weighted by atomic mass is 32.2. The van der Waals surface area contributed by atoms with Crippen molar-refractivity contribution in [3.05, 3.63) is 102 Å². The number of nitrogens with zero attached hydrogens (tertiary/aromatic N) is 1. The van der Waals surface area contributed by atoms with Gasteiger partial charge in [0.15, 0.2) is 0 Å². The van der Waals surface area contributed by atoms with Crippen LogP contribution in [0.15, 0.2) is 107 Å². The van der Waals surface area contributed by atoms with Crippen LogP contribution >= 0.6 is 11.8 Å². The molecule has 0 fully saturated rings. The molecule has 0 aromatic heterocycles. The van der Waals surface area contributed by atoms with Gasteiger partial charge in [-0.05, 0) is 50.2 Å². The molecule has 3 aromatic rings. The maximum Gasteiger partial charge on any atom is 0.126 e. The van der Waals surface area contributed by atoms with Gasteiger partial charge in [-0.3, -0.25) is 0 Å². The van der Waals surface area contributed by atoms with Gasteiger partial charge in [0.1, 0.15) is 10.8 Å². The summed E-state index contributed by atoms with van der Waals surface area (Å²) in [5, 5.41) is 0.912. The second-order valence-electron chi connectivity index (χ2n) is 5.90. The summed E-state index contributed by atoms with van der Waals surface area (Å²) in [6.07, 6.45) is 1.77. The lowest BCUT2D eigenvalue weighted by atomic mass is 10.2. The fourth-order valence-corrected chi connectivity index (χ4v) is 3.11. The zero-order chi connectivity index (χ0) is 18.2. The number of hydrogen-bond acceptors (Lipinski definition) is 3. The van der Waals surface area contributed by atoms with E-state index in [2.05, 4.69) is 19.1 Å². The van der Waals surface area contributed by atoms with Crippen molar-refractivity contribution in [2.24, 2.45) is 4.99 Å². The molecule has 0 amide bonds. The van der Waals surface area contributed by atoms with Gasteiger partial charge in [0.25, 0.3) is 0 Å². The number of benzene rings is 3. The van der Waals surface area contributed by atoms with E-state index >= 15 is 0 Å². The molecule has 26 heavy (non-hydrogen) atoms. The monoisotopic (exact) mass is 359 g/mol. The molecule has 0 unspecified atom stereocenters. The Kier molecular flexibility index (Phi) is 6.29. The number of aryl methyl sites for hydroxylation is 1. The van der Waals surface area contributed by atoms with Crippen LogP contribution in [-0.2, 0) is 0 Å². The predicted octanol–water partition coefficient (Wildman–Crippen LogP) is 6.80. The summed E-state index contributed by atoms with van der Waals surface area (Å²) < 4.78 is 5.82. The van der Waals surface area contributed by atoms with Gasteiger partial charge in [-0.1, -0.05) is 65.9 Å². The van der Waals surface area contributed by atoms with Crippen molar-refractivity contribution < 1.29 is 4.74 Å². The van der Waals surface area contributed by atoms with Crippen LogP contribution in [0.1, 0.15) is 12.5 Å². The Hall–Kier alpha value is -2.78. The second kappa shape index (κ2) is 9.07. The van der Waals surface area contributed by atoms with E-state index in [1.807, 2.05) is 79.7 Å². The molecule has 0 aliphatic rings. The molecule has 3 heteroatoms. The number of aliphatic imine (C=N–C) groups is 1. The predicted molar refractivity (Wildman–Crippen MR) is 111 cm³/mol. The number of hydrogen-bond donors (Lipinski definition) is 0. The zero-order valence-electron chi connectivity index (χ0n) is 14.9. The third-order valence-electron chi connectivity index (χ3n) is 3.67. The Labute approximate surface area is 159 Å². The second-order valence-corrected chi connectivity index (χ2v) is 6.96. The Morgan fingerprint density at radius 2 is 1.46 bits per heavy atom. The third-order valence-corrected chi connectivity index (χ3v) is 4.79. The van der Waals surface area contributed by atoms with Crippen molar-refractivity contribution >= 4 is 22.5 Å². The molecule has 0 radical (unpaired) electrons. The fourth-order valence-electron chi connectivity index (χ4n) is 2.24. The van der Waals surface area contributed by atoms with Gasteiger partial charge in [0.2, 0.25) is 0 Å². The lowest BCUT2D eigenvalue weighted by Crippen LogP contribution is -1.97. The van der Waals surface area contributed by atoms with Gasteiger partial charge >= 0.3 is 0 Å². The molecule has 0 bridgehead atoms. The van der Waals surface area contributed by atoms with Crippen LogP contribution in [0, 0.1) is 6.92 Å². The van der Waals surface area contributed by atoms with Gasteiger partial charge in [0.05, 0.1) is 11.9 Å². The Bertz CT molecular complexity index is 885. The summed E-state index contributed by atoms with van der Waals surface area (Å²) in [4.78, 5) is 5.96. The maximum absolute atomic E-state index is 5.82. The van der Waals surface area contributed by atoms with Gasteiger partial charge in [0, 0.05) is 10.5 Å². The Morgan fingerprint density at radius 3 is 2.12 bits per heavy atom. The van der Waals surface area contributed by atoms with Crippen molar-refractivity contribution in [1.29, 1.82) is 0 Å². The summed E-state index contributed by atoms with van der Waals surface area (Å²) in [7, 11) is 0. The van der Waals surface area contributed by atoms with E-state index in [1.54, 1.807) is 18.0 Å². The molecule has 2 nitrogen and oxygen atoms in total. The van der Waals surface area contributed by atoms with E-state index in [-0.39, 0.29) is 0 Å². The molecular weight excluding hydrogens is 338 g/mol. The number of thioether (sulfide) groups is 1. The molecule has 0 aliphatic carbocycles. The summed E-state index contributed by atoms with van der Waals surface area (Å²) in [5.74, 6) is 0.818. The van der Waals surface area contributed by atoms with Crippen molar-refractivity contribution in [3.8, 4) is 5.75 Å². The smallest absolute Gasteiger partial charge is 0.126 e. The minimum absolute atomic E-state index is 0.818. The molecule has 3 aromatic carbocycles. The number of ether oxygens (including phenoxy) is 1. The van der Waals surface area contributed by atoms with Crippen LogP contribution in [0.4, 0.5) is 5.69 Å². The molecule has 0 saturated heterocycles. The highest BCUT2D eigenvalue weighted by molar-refractivity contribution is 8.14. The molecule has 0 heterocycles. The SMILES string of the molecule is CC(=COc1ccc(C)cc1)/C(=N\c1ccccc1)Sc1ccccc1. The van der Waals surface area contributed by atoms with E-state index in [1.165, 1.54) is 5.56 Å². The van der Waals surface area contributed by atoms with Crippen LogP contribution in [0.5, 0.6) is 5.75 Å². The van der Waals surface area contributed by atoms with Crippen molar-refractivity contribution in [2.45, 2.75) is 18.7 Å². The van der Waals surface area contributed by atoms with Gasteiger partial charge in [-0.25, -0.2) is 4.99 Å². The van der Waals surface area contributed by atoms with Gasteiger partial charge in [-0.2, -0.15) is 0 Å². The molecule has 0 aliphatic heterocycles. The molecular formula is C23H21NOS. The molecule has 0 spiro atoms. The standard InChI is InChI=1S/C23H21NOS/c1-18-13-15-21(16-14-18)25-17-19(2)23(24-20-9-5-3-6-10-20)26-22-11-7-4-8-12-22/h3-17H,1-2H3/b19-17?,24-23+. The Morgan fingerprint density at radius 1 is 0.846 bits per heavy atom. The third kappa shape index (κ3) is 5.36. The highest BCUT2D eigenvalue weighted by Crippen LogP contribution is 2.26. The van der Waals surface area contributed by atoms with Crippen LogP contribution in [0.25, 0.3) is 0 Å². The minimum Gasteiger partial charge on any atom is -0.465 e. The first kappa shape index (κ1) is 18.0. The van der Waals surface area contributed by atoms with Crippen molar-refractivity contribution in [1.82, 2.24) is 0 Å². The molecule has 0 saturated carbocycles. The van der Waals surface area contributed by atoms with Crippen LogP contribution in [0.2, 0.25) is 0 Å². The first-order chi connectivity index (χ1) is 12.7. The van der Waals surface area contributed by atoms with E-state index < -0.39 is 0 Å². The lowest BCUT2D eigenvalue weighted by Gasteiger charge is -2.08. The first-order valence-corrected chi connectivity index (χ1v) is 9.29. The van der Waals surface area contributed by atoms with Crippen LogP contribution in [-0.4, -0.2) is 5.04 Å². The average Bonchev–Trinajstić information content (AvgIpc) is 2.68. The highest BCUT2D eigenvalue weighted by Gasteiger charge is 2.07. The maximum atomic E-state index is 5.82. The van der Waals surface area contributed by atoms with E-state index in [0.29, 0.717) is 0 Å². The van der Waals surface area contributed by atoms with E-state index in [0.717, 1.165) is 26.9 Å². The lowest BCUT2D eigenvalue weighted by molar-refractivity contribution is 0.478. The summed E-state index contributed by atoms with van der Waals surface area (Å²) in [6.45, 7) is 4.08. The molecule has 130 valence electrons. The van der Waals surface area contributed by atoms with Gasteiger partial charge < -0.3 is 4.74 Å². The van der Waals surface area contributed by atoms with Crippen LogP contribution < -0.4 is 4.74 Å².